The molecule has 10 heteroatoms. The zero-order valence-corrected chi connectivity index (χ0v) is 17.5. The average molecular weight is 412 g/mol. The van der Waals surface area contributed by atoms with Gasteiger partial charge in [0.1, 0.15) is 0 Å². The Morgan fingerprint density at radius 2 is 1.70 bits per heavy atom. The zero-order chi connectivity index (χ0) is 21.7. The van der Waals surface area contributed by atoms with Gasteiger partial charge in [0.05, 0.1) is 39.2 Å². The van der Waals surface area contributed by atoms with E-state index in [9.17, 15) is 4.79 Å². The van der Waals surface area contributed by atoms with Crippen molar-refractivity contribution in [3.8, 4) is 22.9 Å². The fourth-order valence-electron chi connectivity index (χ4n) is 2.86. The first-order valence-corrected chi connectivity index (χ1v) is 9.16. The van der Waals surface area contributed by atoms with Gasteiger partial charge in [-0.05, 0) is 47.5 Å². The van der Waals surface area contributed by atoms with Crippen LogP contribution in [-0.4, -0.2) is 47.6 Å². The number of hydrogen-bond acceptors (Lipinski definition) is 7. The molecule has 30 heavy (non-hydrogen) atoms. The van der Waals surface area contributed by atoms with Crippen molar-refractivity contribution >= 4 is 11.7 Å². The number of amides is 2. The van der Waals surface area contributed by atoms with Gasteiger partial charge in [0.2, 0.25) is 5.75 Å². The van der Waals surface area contributed by atoms with Crippen molar-refractivity contribution in [3.05, 3.63) is 47.3 Å². The van der Waals surface area contributed by atoms with Gasteiger partial charge in [-0.15, -0.1) is 5.10 Å². The number of methoxy groups -OCH3 is 3. The van der Waals surface area contributed by atoms with Gasteiger partial charge in [-0.2, -0.15) is 4.68 Å². The van der Waals surface area contributed by atoms with Crippen LogP contribution in [-0.2, 0) is 6.54 Å². The molecule has 0 saturated carbocycles. The van der Waals surface area contributed by atoms with Crippen LogP contribution in [0.3, 0.4) is 0 Å². The molecule has 1 aromatic heterocycles. The van der Waals surface area contributed by atoms with Gasteiger partial charge in [0.15, 0.2) is 17.3 Å². The monoisotopic (exact) mass is 412 g/mol. The Morgan fingerprint density at radius 3 is 2.30 bits per heavy atom. The number of aromatic nitrogens is 4. The molecule has 0 unspecified atom stereocenters. The van der Waals surface area contributed by atoms with Crippen molar-refractivity contribution in [2.75, 3.05) is 26.6 Å². The van der Waals surface area contributed by atoms with Gasteiger partial charge in [-0.1, -0.05) is 6.07 Å². The second-order valence-corrected chi connectivity index (χ2v) is 6.50. The molecule has 0 bridgehead atoms. The maximum Gasteiger partial charge on any atom is 0.319 e. The van der Waals surface area contributed by atoms with Gasteiger partial charge >= 0.3 is 6.03 Å². The molecule has 0 aliphatic heterocycles. The van der Waals surface area contributed by atoms with Gasteiger partial charge in [-0.25, -0.2) is 4.79 Å². The lowest BCUT2D eigenvalue weighted by atomic mass is 10.1. The Kier molecular flexibility index (Phi) is 6.35. The van der Waals surface area contributed by atoms with E-state index in [1.807, 2.05) is 32.0 Å². The van der Waals surface area contributed by atoms with E-state index < -0.39 is 6.03 Å². The highest BCUT2D eigenvalue weighted by Crippen LogP contribution is 2.39. The topological polar surface area (TPSA) is 112 Å². The number of urea groups is 1. The van der Waals surface area contributed by atoms with Crippen LogP contribution in [0.15, 0.2) is 30.3 Å². The summed E-state index contributed by atoms with van der Waals surface area (Å²) in [4.78, 5) is 12.4. The third kappa shape index (κ3) is 4.43. The number of nitrogens with zero attached hydrogens (tertiary/aromatic N) is 4. The van der Waals surface area contributed by atoms with Crippen LogP contribution in [0.5, 0.6) is 17.2 Å². The Labute approximate surface area is 174 Å². The van der Waals surface area contributed by atoms with E-state index in [1.54, 1.807) is 16.8 Å². The number of tetrazole rings is 1. The molecule has 10 nitrogen and oxygen atoms in total. The minimum atomic E-state index is -0.432. The van der Waals surface area contributed by atoms with Gasteiger partial charge in [0.25, 0.3) is 0 Å². The van der Waals surface area contributed by atoms with Gasteiger partial charge in [0, 0.05) is 12.1 Å². The Morgan fingerprint density at radius 1 is 1.00 bits per heavy atom. The second kappa shape index (κ2) is 9.12. The average Bonchev–Trinajstić information content (AvgIpc) is 3.22. The molecule has 1 heterocycles. The highest BCUT2D eigenvalue weighted by molar-refractivity contribution is 5.90. The summed E-state index contributed by atoms with van der Waals surface area (Å²) in [5.41, 5.74) is 3.61. The lowest BCUT2D eigenvalue weighted by Crippen LogP contribution is -2.29. The molecule has 3 rings (SSSR count). The zero-order valence-electron chi connectivity index (χ0n) is 17.5. The van der Waals surface area contributed by atoms with Gasteiger partial charge < -0.3 is 24.8 Å². The van der Waals surface area contributed by atoms with Crippen LogP contribution >= 0.6 is 0 Å². The number of hydrogen-bond donors (Lipinski definition) is 2. The molecule has 0 radical (unpaired) electrons. The lowest BCUT2D eigenvalue weighted by Gasteiger charge is -2.15. The molecule has 0 aliphatic rings. The minimum absolute atomic E-state index is 0.135. The third-order valence-electron chi connectivity index (χ3n) is 4.60. The summed E-state index contributed by atoms with van der Waals surface area (Å²) in [6.07, 6.45) is 0. The van der Waals surface area contributed by atoms with Crippen molar-refractivity contribution < 1.29 is 19.0 Å². The van der Waals surface area contributed by atoms with Crippen molar-refractivity contribution in [2.45, 2.75) is 20.4 Å². The number of rotatable bonds is 7. The van der Waals surface area contributed by atoms with Crippen molar-refractivity contribution in [1.29, 1.82) is 0 Å². The van der Waals surface area contributed by atoms with Crippen molar-refractivity contribution in [3.63, 3.8) is 0 Å². The minimum Gasteiger partial charge on any atom is -0.493 e. The quantitative estimate of drug-likeness (QED) is 0.613. The highest BCUT2D eigenvalue weighted by atomic mass is 16.5. The number of ether oxygens (including phenoxy) is 3. The summed E-state index contributed by atoms with van der Waals surface area (Å²) >= 11 is 0. The molecule has 2 N–H and O–H groups in total. The standard InChI is InChI=1S/C20H24N6O4/c1-12-6-7-15(8-13(12)2)26-18(23-24-25-26)11-21-20(27)22-14-9-16(28-3)19(30-5)17(10-14)29-4/h6-10H,11H2,1-5H3,(H2,21,22,27). The summed E-state index contributed by atoms with van der Waals surface area (Å²) in [5.74, 6) is 1.81. The molecular weight excluding hydrogens is 388 g/mol. The second-order valence-electron chi connectivity index (χ2n) is 6.50. The Balaban J connectivity index is 1.70. The number of benzene rings is 2. The smallest absolute Gasteiger partial charge is 0.319 e. The van der Waals surface area contributed by atoms with Crippen molar-refractivity contribution in [2.24, 2.45) is 0 Å². The number of aryl methyl sites for hydroxylation is 2. The van der Waals surface area contributed by atoms with Crippen LogP contribution < -0.4 is 24.8 Å². The molecule has 0 spiro atoms. The van der Waals surface area contributed by atoms with E-state index in [0.29, 0.717) is 28.8 Å². The first kappa shape index (κ1) is 20.9. The summed E-state index contributed by atoms with van der Waals surface area (Å²) in [6.45, 7) is 4.19. The number of nitrogens with one attached hydrogen (secondary N) is 2. The maximum absolute atomic E-state index is 12.4. The summed E-state index contributed by atoms with van der Waals surface area (Å²) in [5, 5.41) is 17.2. The first-order chi connectivity index (χ1) is 14.5. The molecule has 0 aliphatic carbocycles. The molecular formula is C20H24N6O4. The summed E-state index contributed by atoms with van der Waals surface area (Å²) in [6, 6.07) is 8.77. The predicted molar refractivity (Wildman–Crippen MR) is 111 cm³/mol. The molecule has 0 atom stereocenters. The van der Waals surface area contributed by atoms with Crippen LogP contribution in [0.4, 0.5) is 10.5 Å². The van der Waals surface area contributed by atoms with E-state index in [0.717, 1.165) is 11.3 Å². The molecule has 2 amide bonds. The molecule has 3 aromatic rings. The molecule has 2 aromatic carbocycles. The van der Waals surface area contributed by atoms with E-state index in [-0.39, 0.29) is 6.54 Å². The first-order valence-electron chi connectivity index (χ1n) is 9.16. The summed E-state index contributed by atoms with van der Waals surface area (Å²) < 4.78 is 17.5. The van der Waals surface area contributed by atoms with E-state index in [1.165, 1.54) is 26.9 Å². The molecule has 158 valence electrons. The molecule has 0 fully saturated rings. The fraction of sp³-hybridized carbons (Fsp3) is 0.300. The predicted octanol–water partition coefficient (Wildman–Crippen LogP) is 2.63. The fourth-order valence-corrected chi connectivity index (χ4v) is 2.86. The summed E-state index contributed by atoms with van der Waals surface area (Å²) in [7, 11) is 4.53. The largest absolute Gasteiger partial charge is 0.493 e. The maximum atomic E-state index is 12.4. The third-order valence-corrected chi connectivity index (χ3v) is 4.60. The van der Waals surface area contributed by atoms with Crippen molar-refractivity contribution in [1.82, 2.24) is 25.5 Å². The number of carbonyl (C=O) groups excluding carboxylic acids is 1. The molecule has 0 saturated heterocycles. The number of anilines is 1. The SMILES string of the molecule is COc1cc(NC(=O)NCc2nnnn2-c2ccc(C)c(C)c2)cc(OC)c1OC. The van der Waals surface area contributed by atoms with E-state index in [4.69, 9.17) is 14.2 Å². The lowest BCUT2D eigenvalue weighted by molar-refractivity contribution is 0.251. The van der Waals surface area contributed by atoms with E-state index in [2.05, 4.69) is 26.2 Å². The van der Waals surface area contributed by atoms with Crippen LogP contribution in [0.2, 0.25) is 0 Å². The normalized spacial score (nSPS) is 10.4. The van der Waals surface area contributed by atoms with Crippen LogP contribution in [0.1, 0.15) is 17.0 Å². The highest BCUT2D eigenvalue weighted by Gasteiger charge is 2.15. The van der Waals surface area contributed by atoms with E-state index >= 15 is 0 Å². The van der Waals surface area contributed by atoms with Gasteiger partial charge in [-0.3, -0.25) is 0 Å². The Hall–Kier alpha value is -3.82. The van der Waals surface area contributed by atoms with Crippen LogP contribution in [0.25, 0.3) is 5.69 Å². The number of carbonyl (C=O) groups is 1. The van der Waals surface area contributed by atoms with Crippen LogP contribution in [0, 0.1) is 13.8 Å². The Bertz CT molecular complexity index is 1020.